The van der Waals surface area contributed by atoms with Crippen molar-refractivity contribution in [3.05, 3.63) is 28.5 Å². The van der Waals surface area contributed by atoms with Crippen LogP contribution in [0, 0.1) is 11.7 Å². The molecule has 0 saturated heterocycles. The number of imidazole rings is 1. The second-order valence-electron chi connectivity index (χ2n) is 5.14. The number of amides is 1. The van der Waals surface area contributed by atoms with Crippen LogP contribution in [0.25, 0.3) is 11.0 Å². The molecule has 0 unspecified atom stereocenters. The Bertz CT molecular complexity index is 682. The van der Waals surface area contributed by atoms with Crippen LogP contribution in [0.4, 0.5) is 0 Å². The molecule has 5 heteroatoms. The number of para-hydroxylation sites is 1. The van der Waals surface area contributed by atoms with E-state index in [1.807, 2.05) is 16.7 Å². The third kappa shape index (κ3) is 2.56. The number of hydrogen-bond donors (Lipinski definition) is 2. The number of fused-ring (bicyclic) bond motifs is 1. The quantitative estimate of drug-likeness (QED) is 0.843. The molecule has 1 saturated carbocycles. The molecular formula is C14H17N3OS. The Labute approximate surface area is 116 Å². The fraction of sp³-hybridized carbons (Fsp3) is 0.429. The van der Waals surface area contributed by atoms with Crippen LogP contribution in [0.2, 0.25) is 0 Å². The Hall–Kier alpha value is -1.62. The molecule has 0 aliphatic heterocycles. The van der Waals surface area contributed by atoms with Crippen LogP contribution < -0.4 is 5.32 Å². The number of rotatable bonds is 4. The van der Waals surface area contributed by atoms with E-state index in [4.69, 9.17) is 12.2 Å². The van der Waals surface area contributed by atoms with Crippen molar-refractivity contribution in [2.75, 3.05) is 0 Å². The first kappa shape index (κ1) is 12.4. The van der Waals surface area contributed by atoms with Crippen LogP contribution in [0.1, 0.15) is 24.8 Å². The number of carbonyl (C=O) groups excluding carboxylic acids is 1. The Kier molecular flexibility index (Phi) is 3.14. The Morgan fingerprint density at radius 3 is 3.05 bits per heavy atom. The van der Waals surface area contributed by atoms with Gasteiger partial charge in [0.05, 0.1) is 11.0 Å². The largest absolute Gasteiger partial charge is 0.353 e. The number of nitrogens with one attached hydrogen (secondary N) is 2. The number of aromatic amines is 1. The summed E-state index contributed by atoms with van der Waals surface area (Å²) in [5.41, 5.74) is 3.31. The molecule has 0 bridgehead atoms. The van der Waals surface area contributed by atoms with Gasteiger partial charge in [-0.3, -0.25) is 4.79 Å². The predicted molar refractivity (Wildman–Crippen MR) is 77.6 cm³/mol. The third-order valence-corrected chi connectivity index (χ3v) is 3.82. The Morgan fingerprint density at radius 1 is 1.53 bits per heavy atom. The number of H-pyrrole nitrogens is 1. The van der Waals surface area contributed by atoms with Gasteiger partial charge in [-0.15, -0.1) is 0 Å². The van der Waals surface area contributed by atoms with Gasteiger partial charge in [0.25, 0.3) is 0 Å². The molecular weight excluding hydrogens is 258 g/mol. The molecule has 3 rings (SSSR count). The van der Waals surface area contributed by atoms with Crippen molar-refractivity contribution in [1.29, 1.82) is 0 Å². The van der Waals surface area contributed by atoms with Crippen molar-refractivity contribution < 1.29 is 4.79 Å². The first-order chi connectivity index (χ1) is 9.15. The summed E-state index contributed by atoms with van der Waals surface area (Å²) in [7, 11) is 0. The van der Waals surface area contributed by atoms with Crippen LogP contribution in [-0.2, 0) is 11.3 Å². The van der Waals surface area contributed by atoms with E-state index in [1.165, 1.54) is 5.56 Å². The summed E-state index contributed by atoms with van der Waals surface area (Å²) in [5, 5.41) is 3.00. The van der Waals surface area contributed by atoms with E-state index in [-0.39, 0.29) is 5.91 Å². The lowest BCUT2D eigenvalue weighted by Crippen LogP contribution is -2.26. The van der Waals surface area contributed by atoms with Crippen LogP contribution >= 0.6 is 12.2 Å². The average Bonchev–Trinajstić information content (AvgIpc) is 3.10. The summed E-state index contributed by atoms with van der Waals surface area (Å²) in [6.07, 6.45) is 2.72. The molecule has 2 aromatic rings. The monoisotopic (exact) mass is 275 g/mol. The van der Waals surface area contributed by atoms with Crippen LogP contribution in [-0.4, -0.2) is 21.5 Å². The van der Waals surface area contributed by atoms with Crippen molar-refractivity contribution in [1.82, 2.24) is 14.9 Å². The van der Waals surface area contributed by atoms with Gasteiger partial charge in [0.1, 0.15) is 0 Å². The highest BCUT2D eigenvalue weighted by atomic mass is 32.1. The highest BCUT2D eigenvalue weighted by Gasteiger charge is 2.23. The number of aromatic nitrogens is 2. The highest BCUT2D eigenvalue weighted by Crippen LogP contribution is 2.20. The summed E-state index contributed by atoms with van der Waals surface area (Å²) in [5.74, 6) is 0.118. The zero-order chi connectivity index (χ0) is 13.4. The molecule has 1 aromatic carbocycles. The third-order valence-electron chi connectivity index (χ3n) is 3.50. The molecule has 0 atom stereocenters. The Morgan fingerprint density at radius 2 is 2.32 bits per heavy atom. The molecule has 1 heterocycles. The second-order valence-corrected chi connectivity index (χ2v) is 5.53. The summed E-state index contributed by atoms with van der Waals surface area (Å²) in [6, 6.07) is 6.50. The van der Waals surface area contributed by atoms with Gasteiger partial charge in [0, 0.05) is 19.0 Å². The number of hydrogen-bond acceptors (Lipinski definition) is 2. The summed E-state index contributed by atoms with van der Waals surface area (Å²) in [4.78, 5) is 14.9. The Balaban J connectivity index is 1.81. The van der Waals surface area contributed by atoms with Crippen molar-refractivity contribution in [3.8, 4) is 0 Å². The smallest absolute Gasteiger partial charge is 0.222 e. The van der Waals surface area contributed by atoms with Gasteiger partial charge in [-0.2, -0.15) is 0 Å². The second kappa shape index (κ2) is 4.81. The van der Waals surface area contributed by atoms with E-state index >= 15 is 0 Å². The van der Waals surface area contributed by atoms with Gasteiger partial charge in [-0.1, -0.05) is 12.1 Å². The minimum atomic E-state index is 0.118. The molecule has 19 heavy (non-hydrogen) atoms. The van der Waals surface area contributed by atoms with Crippen molar-refractivity contribution >= 4 is 29.2 Å². The fourth-order valence-corrected chi connectivity index (χ4v) is 2.65. The van der Waals surface area contributed by atoms with Gasteiger partial charge < -0.3 is 14.9 Å². The van der Waals surface area contributed by atoms with E-state index in [9.17, 15) is 4.79 Å². The molecule has 1 aliphatic carbocycles. The lowest BCUT2D eigenvalue weighted by Gasteiger charge is -2.07. The van der Waals surface area contributed by atoms with Gasteiger partial charge >= 0.3 is 0 Å². The molecule has 1 amide bonds. The van der Waals surface area contributed by atoms with Gasteiger partial charge in [0.15, 0.2) is 4.77 Å². The maximum Gasteiger partial charge on any atom is 0.222 e. The number of aryl methyl sites for hydroxylation is 2. The molecule has 4 nitrogen and oxygen atoms in total. The summed E-state index contributed by atoms with van der Waals surface area (Å²) < 4.78 is 2.70. The van der Waals surface area contributed by atoms with Gasteiger partial charge in [-0.25, -0.2) is 0 Å². The van der Waals surface area contributed by atoms with E-state index < -0.39 is 0 Å². The molecule has 2 N–H and O–H groups in total. The lowest BCUT2D eigenvalue weighted by atomic mass is 10.2. The van der Waals surface area contributed by atoms with Crippen LogP contribution in [0.15, 0.2) is 18.2 Å². The highest BCUT2D eigenvalue weighted by molar-refractivity contribution is 7.71. The lowest BCUT2D eigenvalue weighted by molar-refractivity contribution is -0.121. The predicted octanol–water partition coefficient (Wildman–Crippen LogP) is 2.68. The first-order valence-corrected chi connectivity index (χ1v) is 7.03. The van der Waals surface area contributed by atoms with Crippen molar-refractivity contribution in [2.45, 2.75) is 38.8 Å². The van der Waals surface area contributed by atoms with Crippen molar-refractivity contribution in [2.24, 2.45) is 0 Å². The molecule has 100 valence electrons. The maximum absolute atomic E-state index is 11.8. The zero-order valence-corrected chi connectivity index (χ0v) is 11.7. The van der Waals surface area contributed by atoms with Crippen LogP contribution in [0.3, 0.4) is 0 Å². The number of carbonyl (C=O) groups is 1. The molecule has 0 radical (unpaired) electrons. The first-order valence-electron chi connectivity index (χ1n) is 6.62. The molecule has 1 fully saturated rings. The minimum absolute atomic E-state index is 0.118. The topological polar surface area (TPSA) is 49.8 Å². The summed E-state index contributed by atoms with van der Waals surface area (Å²) in [6.45, 7) is 2.69. The van der Waals surface area contributed by atoms with Crippen LogP contribution in [0.5, 0.6) is 0 Å². The normalized spacial score (nSPS) is 14.8. The molecule has 1 aromatic heterocycles. The van der Waals surface area contributed by atoms with E-state index in [2.05, 4.69) is 23.3 Å². The maximum atomic E-state index is 11.8. The summed E-state index contributed by atoms with van der Waals surface area (Å²) >= 11 is 5.34. The molecule has 0 spiro atoms. The fourth-order valence-electron chi connectivity index (χ4n) is 2.36. The van der Waals surface area contributed by atoms with E-state index in [0.717, 1.165) is 23.9 Å². The number of benzene rings is 1. The average molecular weight is 275 g/mol. The van der Waals surface area contributed by atoms with E-state index in [0.29, 0.717) is 23.8 Å². The van der Waals surface area contributed by atoms with E-state index in [1.54, 1.807) is 0 Å². The van der Waals surface area contributed by atoms with Gasteiger partial charge in [0.2, 0.25) is 5.91 Å². The standard InChI is InChI=1S/C14H17N3OS/c1-9-3-2-4-11-13(9)17(14(19)16-11)8-7-12(18)15-10-5-6-10/h2-4,10H,5-8H2,1H3,(H,15,18)(H,16,19). The van der Waals surface area contributed by atoms with Crippen molar-refractivity contribution in [3.63, 3.8) is 0 Å². The van der Waals surface area contributed by atoms with Gasteiger partial charge in [-0.05, 0) is 43.6 Å². The number of nitrogens with zero attached hydrogens (tertiary/aromatic N) is 1. The molecule has 1 aliphatic rings. The zero-order valence-electron chi connectivity index (χ0n) is 10.9. The SMILES string of the molecule is Cc1cccc2[nH]c(=S)n(CCC(=O)NC3CC3)c12. The minimum Gasteiger partial charge on any atom is -0.353 e.